The molecule has 0 fully saturated rings. The Hall–Kier alpha value is -3.25. The summed E-state index contributed by atoms with van der Waals surface area (Å²) in [4.78, 5) is 19.1. The molecule has 0 unspecified atom stereocenters. The molecule has 7 heteroatoms. The maximum atomic E-state index is 11.8. The standard InChI is InChI=1S/C20H16ClN3O3/c1-2-27-18-9-16(25)17(26)11-24(18)13-5-3-4-12(8-13)19-14-6-7-22-20(14)23-10-15(19)21/h3-11,26H,2H2,1H3,(H,22,23). The highest BCUT2D eigenvalue weighted by Crippen LogP contribution is 2.35. The topological polar surface area (TPSA) is 80.1 Å². The van der Waals surface area contributed by atoms with Crippen LogP contribution in [0, 0.1) is 0 Å². The minimum Gasteiger partial charge on any atom is -0.503 e. The number of halogens is 1. The number of H-pyrrole nitrogens is 1. The summed E-state index contributed by atoms with van der Waals surface area (Å²) in [6, 6.07) is 10.8. The zero-order chi connectivity index (χ0) is 19.0. The van der Waals surface area contributed by atoms with Crippen molar-refractivity contribution in [1.82, 2.24) is 14.5 Å². The molecule has 0 atom stereocenters. The monoisotopic (exact) mass is 381 g/mol. The lowest BCUT2D eigenvalue weighted by Crippen LogP contribution is -2.10. The molecule has 0 amide bonds. The van der Waals surface area contributed by atoms with E-state index in [2.05, 4.69) is 9.97 Å². The molecule has 0 aliphatic carbocycles. The Labute approximate surface area is 159 Å². The fraction of sp³-hybridized carbons (Fsp3) is 0.100. The first-order valence-electron chi connectivity index (χ1n) is 8.39. The van der Waals surface area contributed by atoms with Gasteiger partial charge in [-0.2, -0.15) is 0 Å². The third-order valence-corrected chi connectivity index (χ3v) is 4.53. The average molecular weight is 382 g/mol. The Morgan fingerprint density at radius 3 is 2.96 bits per heavy atom. The zero-order valence-electron chi connectivity index (χ0n) is 14.4. The predicted molar refractivity (Wildman–Crippen MR) is 105 cm³/mol. The van der Waals surface area contributed by atoms with Crippen LogP contribution in [0.2, 0.25) is 5.02 Å². The van der Waals surface area contributed by atoms with Crippen molar-refractivity contribution < 1.29 is 9.84 Å². The van der Waals surface area contributed by atoms with E-state index in [-0.39, 0.29) is 5.75 Å². The number of fused-ring (bicyclic) bond motifs is 1. The van der Waals surface area contributed by atoms with E-state index in [0.717, 1.165) is 27.8 Å². The largest absolute Gasteiger partial charge is 0.503 e. The van der Waals surface area contributed by atoms with E-state index >= 15 is 0 Å². The molecule has 0 bridgehead atoms. The van der Waals surface area contributed by atoms with Crippen molar-refractivity contribution in [2.75, 3.05) is 6.61 Å². The van der Waals surface area contributed by atoms with Crippen LogP contribution in [-0.2, 0) is 0 Å². The Balaban J connectivity index is 1.92. The summed E-state index contributed by atoms with van der Waals surface area (Å²) >= 11 is 6.43. The predicted octanol–water partition coefficient (Wildman–Crippen LogP) is 4.14. The SMILES string of the molecule is CCOc1cc(=O)c(O)cn1-c1cccc(-c2c(Cl)cnc3[nH]ccc23)c1. The summed E-state index contributed by atoms with van der Waals surface area (Å²) < 4.78 is 7.20. The highest BCUT2D eigenvalue weighted by Gasteiger charge is 2.13. The molecule has 2 N–H and O–H groups in total. The molecule has 3 heterocycles. The van der Waals surface area contributed by atoms with Crippen LogP contribution < -0.4 is 10.2 Å². The van der Waals surface area contributed by atoms with Crippen LogP contribution in [0.5, 0.6) is 11.6 Å². The molecule has 3 aromatic heterocycles. The molecular formula is C20H16ClN3O3. The van der Waals surface area contributed by atoms with Crippen LogP contribution in [-0.4, -0.2) is 26.2 Å². The highest BCUT2D eigenvalue weighted by molar-refractivity contribution is 6.34. The van der Waals surface area contributed by atoms with Gasteiger partial charge >= 0.3 is 0 Å². The number of ether oxygens (including phenoxy) is 1. The number of hydrogen-bond acceptors (Lipinski definition) is 4. The maximum Gasteiger partial charge on any atom is 0.227 e. The number of aromatic hydroxyl groups is 1. The molecule has 0 saturated carbocycles. The van der Waals surface area contributed by atoms with Crippen molar-refractivity contribution in [3.63, 3.8) is 0 Å². The number of aromatic nitrogens is 3. The lowest BCUT2D eigenvalue weighted by molar-refractivity contribution is 0.316. The van der Waals surface area contributed by atoms with E-state index in [0.29, 0.717) is 17.5 Å². The van der Waals surface area contributed by atoms with Gasteiger partial charge in [0, 0.05) is 29.0 Å². The van der Waals surface area contributed by atoms with Crippen molar-refractivity contribution in [3.8, 4) is 28.4 Å². The Kier molecular flexibility index (Phi) is 4.33. The molecule has 6 nitrogen and oxygen atoms in total. The summed E-state index contributed by atoms with van der Waals surface area (Å²) in [5, 5.41) is 11.3. The first kappa shape index (κ1) is 17.2. The molecule has 4 aromatic rings. The lowest BCUT2D eigenvalue weighted by atomic mass is 10.0. The van der Waals surface area contributed by atoms with Crippen LogP contribution in [0.25, 0.3) is 27.8 Å². The fourth-order valence-electron chi connectivity index (χ4n) is 3.05. The number of nitrogens with zero attached hydrogens (tertiary/aromatic N) is 2. The summed E-state index contributed by atoms with van der Waals surface area (Å²) in [7, 11) is 0. The molecular weight excluding hydrogens is 366 g/mol. The average Bonchev–Trinajstić information content (AvgIpc) is 3.13. The second kappa shape index (κ2) is 6.81. The normalized spacial score (nSPS) is 11.0. The van der Waals surface area contributed by atoms with Gasteiger partial charge < -0.3 is 14.8 Å². The van der Waals surface area contributed by atoms with Crippen LogP contribution in [0.3, 0.4) is 0 Å². The number of nitrogens with one attached hydrogen (secondary N) is 1. The van der Waals surface area contributed by atoms with Gasteiger partial charge in [0.25, 0.3) is 0 Å². The minimum atomic E-state index is -0.489. The first-order valence-corrected chi connectivity index (χ1v) is 8.77. The molecule has 0 spiro atoms. The van der Waals surface area contributed by atoms with E-state index in [9.17, 15) is 9.90 Å². The molecule has 27 heavy (non-hydrogen) atoms. The van der Waals surface area contributed by atoms with Crippen molar-refractivity contribution >= 4 is 22.6 Å². The Morgan fingerprint density at radius 1 is 1.30 bits per heavy atom. The van der Waals surface area contributed by atoms with Crippen molar-refractivity contribution in [3.05, 3.63) is 70.2 Å². The van der Waals surface area contributed by atoms with E-state index in [1.54, 1.807) is 10.8 Å². The van der Waals surface area contributed by atoms with Gasteiger partial charge in [-0.1, -0.05) is 23.7 Å². The van der Waals surface area contributed by atoms with Gasteiger partial charge in [0.1, 0.15) is 5.65 Å². The molecule has 0 radical (unpaired) electrons. The quantitative estimate of drug-likeness (QED) is 0.556. The number of rotatable bonds is 4. The van der Waals surface area contributed by atoms with Crippen LogP contribution in [0.1, 0.15) is 6.92 Å². The summed E-state index contributed by atoms with van der Waals surface area (Å²) in [6.45, 7) is 2.22. The number of aromatic amines is 1. The second-order valence-electron chi connectivity index (χ2n) is 5.94. The first-order chi connectivity index (χ1) is 13.1. The Morgan fingerprint density at radius 2 is 2.15 bits per heavy atom. The zero-order valence-corrected chi connectivity index (χ0v) is 15.2. The summed E-state index contributed by atoms with van der Waals surface area (Å²) in [5.74, 6) is 0.00360. The van der Waals surface area contributed by atoms with Crippen molar-refractivity contribution in [2.24, 2.45) is 0 Å². The van der Waals surface area contributed by atoms with E-state index in [1.165, 1.54) is 12.3 Å². The minimum absolute atomic E-state index is 0.348. The summed E-state index contributed by atoms with van der Waals surface area (Å²) in [6.07, 6.45) is 4.78. The van der Waals surface area contributed by atoms with Gasteiger partial charge in [-0.15, -0.1) is 0 Å². The summed E-state index contributed by atoms with van der Waals surface area (Å²) in [5.41, 5.74) is 2.72. The number of hydrogen-bond donors (Lipinski definition) is 2. The van der Waals surface area contributed by atoms with Gasteiger partial charge in [0.15, 0.2) is 5.75 Å². The third kappa shape index (κ3) is 3.04. The van der Waals surface area contributed by atoms with Gasteiger partial charge in [-0.25, -0.2) is 4.98 Å². The van der Waals surface area contributed by atoms with Crippen LogP contribution in [0.15, 0.2) is 59.8 Å². The molecule has 0 aliphatic rings. The lowest BCUT2D eigenvalue weighted by Gasteiger charge is -2.15. The molecule has 1 aromatic carbocycles. The molecule has 4 rings (SSSR count). The third-order valence-electron chi connectivity index (χ3n) is 4.24. The molecule has 136 valence electrons. The molecule has 0 aliphatic heterocycles. The number of pyridine rings is 2. The maximum absolute atomic E-state index is 11.8. The van der Waals surface area contributed by atoms with Crippen molar-refractivity contribution in [1.29, 1.82) is 0 Å². The Bertz CT molecular complexity index is 1200. The van der Waals surface area contributed by atoms with E-state index in [1.807, 2.05) is 43.5 Å². The second-order valence-corrected chi connectivity index (χ2v) is 6.34. The van der Waals surface area contributed by atoms with E-state index in [4.69, 9.17) is 16.3 Å². The van der Waals surface area contributed by atoms with Crippen LogP contribution >= 0.6 is 11.6 Å². The van der Waals surface area contributed by atoms with Gasteiger partial charge in [-0.05, 0) is 30.7 Å². The van der Waals surface area contributed by atoms with Gasteiger partial charge in [0.05, 0.1) is 23.9 Å². The number of benzene rings is 1. The van der Waals surface area contributed by atoms with Crippen LogP contribution in [0.4, 0.5) is 0 Å². The smallest absolute Gasteiger partial charge is 0.227 e. The fourth-order valence-corrected chi connectivity index (χ4v) is 3.31. The van der Waals surface area contributed by atoms with Gasteiger partial charge in [0.2, 0.25) is 11.3 Å². The molecule has 0 saturated heterocycles. The van der Waals surface area contributed by atoms with E-state index < -0.39 is 5.43 Å². The highest BCUT2D eigenvalue weighted by atomic mass is 35.5. The van der Waals surface area contributed by atoms with Crippen molar-refractivity contribution in [2.45, 2.75) is 6.92 Å². The van der Waals surface area contributed by atoms with Gasteiger partial charge in [-0.3, -0.25) is 9.36 Å².